The maximum absolute atomic E-state index is 10.6. The third-order valence-corrected chi connectivity index (χ3v) is 4.72. The van der Waals surface area contributed by atoms with Gasteiger partial charge < -0.3 is 19.8 Å². The zero-order valence-electron chi connectivity index (χ0n) is 13.8. The molecule has 0 N–H and O–H groups in total. The normalized spacial score (nSPS) is 9.36. The van der Waals surface area contributed by atoms with Gasteiger partial charge in [-0.15, -0.1) is 23.5 Å². The van der Waals surface area contributed by atoms with E-state index in [4.69, 9.17) is 0 Å². The Balaban J connectivity index is 0.000000443. The molecule has 0 spiro atoms. The summed E-state index contributed by atoms with van der Waals surface area (Å²) in [4.78, 5) is 22.7. The summed E-state index contributed by atoms with van der Waals surface area (Å²) in [6.07, 6.45) is 0. The number of thioether (sulfide) groups is 2. The summed E-state index contributed by atoms with van der Waals surface area (Å²) in [6, 6.07) is 13.8. The van der Waals surface area contributed by atoms with Gasteiger partial charge in [-0.3, -0.25) is 0 Å². The Morgan fingerprint density at radius 1 is 0.760 bits per heavy atom. The predicted molar refractivity (Wildman–Crippen MR) is 94.3 cm³/mol. The minimum absolute atomic E-state index is 0. The smallest absolute Gasteiger partial charge is 0.545 e. The third kappa shape index (κ3) is 8.11. The van der Waals surface area contributed by atoms with E-state index in [-0.39, 0.29) is 31.5 Å². The number of carboxylic acid groups (broad SMARTS) is 2. The van der Waals surface area contributed by atoms with Gasteiger partial charge in [0.1, 0.15) is 0 Å². The zero-order chi connectivity index (χ0) is 17.9. The predicted octanol–water partition coefficient (Wildman–Crippen LogP) is 2.32. The third-order valence-electron chi connectivity index (χ3n) is 2.81. The maximum Gasteiger partial charge on any atom is 2.00 e. The molecule has 0 aromatic heterocycles. The molecule has 136 valence electrons. The number of rotatable bonds is 6. The van der Waals surface area contributed by atoms with Gasteiger partial charge in [0.15, 0.2) is 0 Å². The number of carbonyl (C=O) groups excluding carboxylic acids is 2. The van der Waals surface area contributed by atoms with Crippen LogP contribution in [0.1, 0.15) is 34.6 Å². The minimum atomic E-state index is -1.11. The molecule has 4 nitrogen and oxygen atoms in total. The van der Waals surface area contributed by atoms with Crippen molar-refractivity contribution < 1.29 is 40.2 Å². The molecule has 0 aliphatic heterocycles. The molecule has 0 aliphatic rings. The van der Waals surface area contributed by atoms with Crippen LogP contribution in [0, 0.1) is 0 Å². The summed E-state index contributed by atoms with van der Waals surface area (Å²) < 4.78 is 0. The molecule has 0 bridgehead atoms. The molecule has 0 aliphatic carbocycles. The van der Waals surface area contributed by atoms with E-state index >= 15 is 0 Å². The number of hydrogen-bond acceptors (Lipinski definition) is 6. The van der Waals surface area contributed by atoms with Gasteiger partial charge >= 0.3 is 20.4 Å². The van der Waals surface area contributed by atoms with Gasteiger partial charge in [-0.05, 0) is 23.6 Å². The molecule has 2 rings (SSSR count). The first-order valence-corrected chi connectivity index (χ1v) is 9.34. The van der Waals surface area contributed by atoms with Crippen molar-refractivity contribution in [1.82, 2.24) is 0 Å². The van der Waals surface area contributed by atoms with Crippen LogP contribution in [0.15, 0.2) is 58.3 Å². The zero-order valence-corrected chi connectivity index (χ0v) is 17.0. The largest absolute Gasteiger partial charge is 2.00 e. The molecule has 0 atom stereocenters. The second-order valence-electron chi connectivity index (χ2n) is 4.43. The summed E-state index contributed by atoms with van der Waals surface area (Å²) in [5.74, 6) is -0.479. The Hall–Kier alpha value is -1.26. The molecule has 0 amide bonds. The van der Waals surface area contributed by atoms with Crippen LogP contribution < -0.4 is 10.2 Å². The van der Waals surface area contributed by atoms with E-state index < -0.39 is 11.9 Å². The summed E-state index contributed by atoms with van der Waals surface area (Å²) in [7, 11) is 0. The molecule has 0 saturated carbocycles. The van der Waals surface area contributed by atoms with Gasteiger partial charge in [-0.1, -0.05) is 50.2 Å². The van der Waals surface area contributed by atoms with Crippen molar-refractivity contribution in [1.29, 1.82) is 0 Å². The van der Waals surface area contributed by atoms with Gasteiger partial charge in [0.2, 0.25) is 0 Å². The fourth-order valence-electron chi connectivity index (χ4n) is 1.83. The first kappa shape index (κ1) is 23.7. The van der Waals surface area contributed by atoms with E-state index in [1.54, 1.807) is 36.4 Å². The Labute approximate surface area is 170 Å². The molecular weight excluding hydrogens is 451 g/mol. The Bertz CT molecular complexity index is 633. The van der Waals surface area contributed by atoms with E-state index in [1.165, 1.54) is 23.5 Å². The van der Waals surface area contributed by atoms with Crippen LogP contribution in [-0.4, -0.2) is 23.4 Å². The van der Waals surface area contributed by atoms with Gasteiger partial charge in [0, 0.05) is 20.9 Å². The maximum atomic E-state index is 10.6. The summed E-state index contributed by atoms with van der Waals surface area (Å²) in [5.41, 5.74) is 0.564. The molecule has 0 heterocycles. The van der Waals surface area contributed by atoms with E-state index in [1.807, 2.05) is 26.0 Å². The molecule has 25 heavy (non-hydrogen) atoms. The fraction of sp³-hybridized carbons (Fsp3) is 0.222. The standard InChI is InChI=1S/2C9H10O2S.Pd/c2*1-2-12-8-6-4-3-5-7(8)9(10)11;/h2*3-6H,2H2,1H3,(H,10,11);/q;;+2/p-2. The minimum Gasteiger partial charge on any atom is -0.545 e. The van der Waals surface area contributed by atoms with Gasteiger partial charge in [0.25, 0.3) is 0 Å². The second-order valence-corrected chi connectivity index (χ2v) is 7.04. The van der Waals surface area contributed by atoms with E-state index in [2.05, 4.69) is 0 Å². The molecule has 0 saturated heterocycles. The molecule has 2 aromatic rings. The molecule has 0 radical (unpaired) electrons. The summed E-state index contributed by atoms with van der Waals surface area (Å²) >= 11 is 3.02. The quantitative estimate of drug-likeness (QED) is 0.478. The molecular formula is C18H18O4PdS2. The number of hydrogen-bond donors (Lipinski definition) is 0. The molecule has 7 heteroatoms. The second kappa shape index (κ2) is 13.0. The van der Waals surface area contributed by atoms with E-state index in [0.29, 0.717) is 0 Å². The van der Waals surface area contributed by atoms with Crippen molar-refractivity contribution in [3.05, 3.63) is 59.7 Å². The van der Waals surface area contributed by atoms with Crippen molar-refractivity contribution >= 4 is 35.5 Å². The van der Waals surface area contributed by atoms with Crippen molar-refractivity contribution in [3.63, 3.8) is 0 Å². The first-order chi connectivity index (χ1) is 11.5. The topological polar surface area (TPSA) is 80.3 Å². The molecule has 2 aromatic carbocycles. The van der Waals surface area contributed by atoms with E-state index in [9.17, 15) is 19.8 Å². The number of carbonyl (C=O) groups is 2. The molecule has 0 unspecified atom stereocenters. The van der Waals surface area contributed by atoms with Gasteiger partial charge in [-0.2, -0.15) is 0 Å². The van der Waals surface area contributed by atoms with Crippen LogP contribution in [-0.2, 0) is 20.4 Å². The number of benzene rings is 2. The van der Waals surface area contributed by atoms with Crippen LogP contribution in [0.3, 0.4) is 0 Å². The number of aromatic carboxylic acids is 2. The Kier molecular flexibility index (Phi) is 12.4. The average Bonchev–Trinajstić information content (AvgIpc) is 2.57. The molecule has 0 fully saturated rings. The van der Waals surface area contributed by atoms with Crippen LogP contribution in [0.5, 0.6) is 0 Å². The van der Waals surface area contributed by atoms with Crippen molar-refractivity contribution in [3.8, 4) is 0 Å². The Morgan fingerprint density at radius 2 is 1.08 bits per heavy atom. The van der Waals surface area contributed by atoms with E-state index in [0.717, 1.165) is 21.3 Å². The van der Waals surface area contributed by atoms with Crippen LogP contribution in [0.4, 0.5) is 0 Å². The van der Waals surface area contributed by atoms with Gasteiger partial charge in [-0.25, -0.2) is 0 Å². The number of carboxylic acids is 2. The average molecular weight is 469 g/mol. The monoisotopic (exact) mass is 468 g/mol. The van der Waals surface area contributed by atoms with Crippen LogP contribution in [0.2, 0.25) is 0 Å². The fourth-order valence-corrected chi connectivity index (χ4v) is 3.42. The van der Waals surface area contributed by atoms with Crippen LogP contribution in [0.25, 0.3) is 0 Å². The van der Waals surface area contributed by atoms with Gasteiger partial charge in [0.05, 0.1) is 11.9 Å². The van der Waals surface area contributed by atoms with Crippen molar-refractivity contribution in [2.24, 2.45) is 0 Å². The SMILES string of the molecule is CCSc1ccccc1C(=O)[O-].CCSc1ccccc1C(=O)[O-].[Pd+2]. The Morgan fingerprint density at radius 3 is 1.36 bits per heavy atom. The first-order valence-electron chi connectivity index (χ1n) is 7.37. The van der Waals surface area contributed by atoms with Crippen molar-refractivity contribution in [2.45, 2.75) is 23.6 Å². The van der Waals surface area contributed by atoms with Crippen LogP contribution >= 0.6 is 23.5 Å². The van der Waals surface area contributed by atoms with Crippen molar-refractivity contribution in [2.75, 3.05) is 11.5 Å². The summed E-state index contributed by atoms with van der Waals surface area (Å²) in [5, 5.41) is 21.1. The summed E-state index contributed by atoms with van der Waals surface area (Å²) in [6.45, 7) is 3.97.